The maximum atomic E-state index is 10.3. The van der Waals surface area contributed by atoms with Crippen LogP contribution in [0.1, 0.15) is 16.1 Å². The average Bonchev–Trinajstić information content (AvgIpc) is 1.94. The van der Waals surface area contributed by atoms with Crippen molar-refractivity contribution in [3.63, 3.8) is 0 Å². The number of hydrogen-bond donors (Lipinski definition) is 2. The summed E-state index contributed by atoms with van der Waals surface area (Å²) in [6, 6.07) is 1.25. The van der Waals surface area contributed by atoms with Crippen LogP contribution in [0.2, 0.25) is 0 Å². The molecule has 58 valence electrons. The predicted octanol–water partition coefficient (Wildman–Crippen LogP) is 0.189. The third-order valence-corrected chi connectivity index (χ3v) is 1.13. The van der Waals surface area contributed by atoms with Gasteiger partial charge in [-0.05, 0) is 13.0 Å². The van der Waals surface area contributed by atoms with E-state index >= 15 is 0 Å². The van der Waals surface area contributed by atoms with Crippen molar-refractivity contribution in [1.82, 2.24) is 10.2 Å². The number of rotatable bonds is 1. The molecule has 0 amide bonds. The van der Waals surface area contributed by atoms with Gasteiger partial charge >= 0.3 is 5.97 Å². The van der Waals surface area contributed by atoms with E-state index < -0.39 is 11.8 Å². The molecule has 2 N–H and O–H groups in total. The summed E-state index contributed by atoms with van der Waals surface area (Å²) < 4.78 is 0. The van der Waals surface area contributed by atoms with Crippen LogP contribution in [0.3, 0.4) is 0 Å². The highest BCUT2D eigenvalue weighted by molar-refractivity contribution is 5.89. The lowest BCUT2D eigenvalue weighted by molar-refractivity contribution is 0.0692. The molecule has 0 saturated carbocycles. The van der Waals surface area contributed by atoms with Crippen molar-refractivity contribution in [2.24, 2.45) is 0 Å². The van der Waals surface area contributed by atoms with Crippen LogP contribution in [-0.4, -0.2) is 26.4 Å². The predicted molar refractivity (Wildman–Crippen MR) is 35.4 cm³/mol. The van der Waals surface area contributed by atoms with E-state index in [4.69, 9.17) is 10.2 Å². The summed E-state index contributed by atoms with van der Waals surface area (Å²) in [5.41, 5.74) is 0.234. The number of aromatic nitrogens is 2. The first kappa shape index (κ1) is 7.46. The molecule has 5 heteroatoms. The first-order chi connectivity index (χ1) is 5.11. The van der Waals surface area contributed by atoms with Crippen LogP contribution in [0.5, 0.6) is 5.88 Å². The fourth-order valence-electron chi connectivity index (χ4n) is 0.640. The summed E-state index contributed by atoms with van der Waals surface area (Å²) in [6.07, 6.45) is 0. The zero-order chi connectivity index (χ0) is 8.43. The summed E-state index contributed by atoms with van der Waals surface area (Å²) in [5, 5.41) is 24.0. The Morgan fingerprint density at radius 2 is 2.18 bits per heavy atom. The average molecular weight is 154 g/mol. The number of carboxylic acid groups (broad SMARTS) is 1. The highest BCUT2D eigenvalue weighted by atomic mass is 16.4. The molecule has 1 aromatic heterocycles. The number of hydrogen-bond acceptors (Lipinski definition) is 4. The van der Waals surface area contributed by atoms with Gasteiger partial charge in [-0.3, -0.25) is 0 Å². The van der Waals surface area contributed by atoms with Crippen molar-refractivity contribution in [2.75, 3.05) is 0 Å². The first-order valence-electron chi connectivity index (χ1n) is 2.88. The molecule has 1 heterocycles. The SMILES string of the molecule is Cc1cc(C(=O)O)c(O)nn1. The maximum Gasteiger partial charge on any atom is 0.341 e. The molecule has 0 aliphatic heterocycles. The van der Waals surface area contributed by atoms with E-state index in [1.807, 2.05) is 0 Å². The number of aromatic carboxylic acids is 1. The standard InChI is InChI=1S/C6H6N2O3/c1-3-2-4(6(10)11)5(9)8-7-3/h2H,1H3,(H,8,9)(H,10,11). The molecule has 0 saturated heterocycles. The molecule has 0 radical (unpaired) electrons. The molecule has 1 rings (SSSR count). The van der Waals surface area contributed by atoms with Gasteiger partial charge in [0.2, 0.25) is 5.88 Å². The molecule has 1 aromatic rings. The molecular formula is C6H6N2O3. The van der Waals surface area contributed by atoms with E-state index in [1.165, 1.54) is 6.07 Å². The third kappa shape index (κ3) is 1.43. The van der Waals surface area contributed by atoms with Crippen LogP contribution in [0.25, 0.3) is 0 Å². The minimum atomic E-state index is -1.21. The van der Waals surface area contributed by atoms with Gasteiger partial charge in [-0.1, -0.05) is 0 Å². The van der Waals surface area contributed by atoms with Crippen molar-refractivity contribution in [2.45, 2.75) is 6.92 Å². The Hall–Kier alpha value is -1.65. The zero-order valence-electron chi connectivity index (χ0n) is 5.77. The fourth-order valence-corrected chi connectivity index (χ4v) is 0.640. The van der Waals surface area contributed by atoms with Gasteiger partial charge in [0.25, 0.3) is 0 Å². The Balaban J connectivity index is 3.23. The van der Waals surface area contributed by atoms with E-state index in [9.17, 15) is 4.79 Å². The summed E-state index contributed by atoms with van der Waals surface area (Å²) >= 11 is 0. The molecule has 5 nitrogen and oxygen atoms in total. The summed E-state index contributed by atoms with van der Waals surface area (Å²) in [6.45, 7) is 1.60. The number of carboxylic acids is 1. The van der Waals surface area contributed by atoms with Gasteiger partial charge in [-0.15, -0.1) is 5.10 Å². The lowest BCUT2D eigenvalue weighted by Gasteiger charge is -1.96. The Kier molecular flexibility index (Phi) is 1.72. The van der Waals surface area contributed by atoms with E-state index in [2.05, 4.69) is 10.2 Å². The lowest BCUT2D eigenvalue weighted by atomic mass is 10.2. The van der Waals surface area contributed by atoms with Crippen LogP contribution >= 0.6 is 0 Å². The number of carbonyl (C=O) groups is 1. The summed E-state index contributed by atoms with van der Waals surface area (Å²) in [5.74, 6) is -1.76. The van der Waals surface area contributed by atoms with Crippen molar-refractivity contribution < 1.29 is 15.0 Å². The van der Waals surface area contributed by atoms with E-state index in [-0.39, 0.29) is 5.56 Å². The van der Waals surface area contributed by atoms with Gasteiger partial charge in [0, 0.05) is 0 Å². The van der Waals surface area contributed by atoms with E-state index in [0.29, 0.717) is 5.69 Å². The summed E-state index contributed by atoms with van der Waals surface area (Å²) in [7, 11) is 0. The van der Waals surface area contributed by atoms with Gasteiger partial charge in [-0.25, -0.2) is 4.79 Å². The Morgan fingerprint density at radius 1 is 1.55 bits per heavy atom. The number of aromatic hydroxyl groups is 1. The maximum absolute atomic E-state index is 10.3. The van der Waals surface area contributed by atoms with Gasteiger partial charge < -0.3 is 10.2 Å². The minimum Gasteiger partial charge on any atom is -0.492 e. The molecule has 0 aliphatic carbocycles. The number of aryl methyl sites for hydroxylation is 1. The van der Waals surface area contributed by atoms with E-state index in [0.717, 1.165) is 0 Å². The first-order valence-corrected chi connectivity index (χ1v) is 2.88. The van der Waals surface area contributed by atoms with Crippen LogP contribution < -0.4 is 0 Å². The van der Waals surface area contributed by atoms with Gasteiger partial charge in [0.1, 0.15) is 5.56 Å². The van der Waals surface area contributed by atoms with Crippen LogP contribution in [0.4, 0.5) is 0 Å². The highest BCUT2D eigenvalue weighted by Crippen LogP contribution is 2.11. The van der Waals surface area contributed by atoms with Crippen LogP contribution in [0.15, 0.2) is 6.07 Å². The second kappa shape index (κ2) is 2.53. The Morgan fingerprint density at radius 3 is 2.64 bits per heavy atom. The van der Waals surface area contributed by atoms with Crippen molar-refractivity contribution >= 4 is 5.97 Å². The third-order valence-electron chi connectivity index (χ3n) is 1.13. The normalized spacial score (nSPS) is 9.55. The molecule has 0 fully saturated rings. The molecule has 0 aliphatic rings. The zero-order valence-corrected chi connectivity index (χ0v) is 5.77. The second-order valence-corrected chi connectivity index (χ2v) is 2.03. The molecule has 0 spiro atoms. The lowest BCUT2D eigenvalue weighted by Crippen LogP contribution is -2.00. The second-order valence-electron chi connectivity index (χ2n) is 2.03. The molecule has 0 bridgehead atoms. The topological polar surface area (TPSA) is 83.3 Å². The Labute approximate surface area is 62.3 Å². The smallest absolute Gasteiger partial charge is 0.341 e. The monoisotopic (exact) mass is 154 g/mol. The number of nitrogens with zero attached hydrogens (tertiary/aromatic N) is 2. The molecular weight excluding hydrogens is 148 g/mol. The van der Waals surface area contributed by atoms with Crippen LogP contribution in [-0.2, 0) is 0 Å². The van der Waals surface area contributed by atoms with Crippen molar-refractivity contribution in [3.8, 4) is 5.88 Å². The van der Waals surface area contributed by atoms with Gasteiger partial charge in [0.15, 0.2) is 0 Å². The van der Waals surface area contributed by atoms with Gasteiger partial charge in [-0.2, -0.15) is 5.10 Å². The van der Waals surface area contributed by atoms with Crippen molar-refractivity contribution in [1.29, 1.82) is 0 Å². The van der Waals surface area contributed by atoms with E-state index in [1.54, 1.807) is 6.92 Å². The summed E-state index contributed by atoms with van der Waals surface area (Å²) in [4.78, 5) is 10.3. The fraction of sp³-hybridized carbons (Fsp3) is 0.167. The Bertz CT molecular complexity index is 298. The largest absolute Gasteiger partial charge is 0.492 e. The van der Waals surface area contributed by atoms with Gasteiger partial charge in [0.05, 0.1) is 5.69 Å². The van der Waals surface area contributed by atoms with Crippen LogP contribution in [0, 0.1) is 6.92 Å². The molecule has 0 atom stereocenters. The molecule has 0 aromatic carbocycles. The molecule has 11 heavy (non-hydrogen) atoms. The van der Waals surface area contributed by atoms with Crippen molar-refractivity contribution in [3.05, 3.63) is 17.3 Å². The highest BCUT2D eigenvalue weighted by Gasteiger charge is 2.10. The minimum absolute atomic E-state index is 0.225. The quantitative estimate of drug-likeness (QED) is 0.603. The molecule has 0 unspecified atom stereocenters.